The van der Waals surface area contributed by atoms with Crippen LogP contribution in [0.1, 0.15) is 12.8 Å². The summed E-state index contributed by atoms with van der Waals surface area (Å²) in [6, 6.07) is 0. The minimum absolute atomic E-state index is 0.0611. The lowest BCUT2D eigenvalue weighted by molar-refractivity contribution is -0.0569. The number of likely N-dealkylation sites (tertiary alicyclic amines) is 1. The Kier molecular flexibility index (Phi) is 8.50. The normalized spacial score (nSPS) is 20.6. The molecule has 15 heavy (non-hydrogen) atoms. The molecule has 0 aromatic heterocycles. The third-order valence-corrected chi connectivity index (χ3v) is 2.44. The van der Waals surface area contributed by atoms with Crippen molar-refractivity contribution in [1.29, 1.82) is 0 Å². The number of halogens is 3. The maximum atomic E-state index is 12.5. The summed E-state index contributed by atoms with van der Waals surface area (Å²) < 4.78 is 25.1. The van der Waals surface area contributed by atoms with E-state index in [2.05, 4.69) is 15.9 Å². The van der Waals surface area contributed by atoms with E-state index < -0.39 is 5.92 Å². The van der Waals surface area contributed by atoms with Gasteiger partial charge in [0.05, 0.1) is 13.2 Å². The predicted octanol–water partition coefficient (Wildman–Crippen LogP) is 1.08. The summed E-state index contributed by atoms with van der Waals surface area (Å²) in [5.41, 5.74) is 0. The molecule has 0 radical (unpaired) electrons. The molecule has 0 saturated carbocycles. The molecule has 0 spiro atoms. The van der Waals surface area contributed by atoms with Gasteiger partial charge in [0, 0.05) is 37.8 Å². The molecule has 0 atom stereocenters. The van der Waals surface area contributed by atoms with E-state index in [-0.39, 0.29) is 26.1 Å². The molecule has 0 aliphatic carbocycles. The van der Waals surface area contributed by atoms with E-state index in [1.807, 2.05) is 4.90 Å². The second kappa shape index (κ2) is 8.38. The number of rotatable bonds is 3. The van der Waals surface area contributed by atoms with Crippen molar-refractivity contribution < 1.29 is 19.0 Å². The number of nitrogens with zero attached hydrogens (tertiary/aromatic N) is 1. The topological polar surface area (TPSA) is 43.7 Å². The zero-order chi connectivity index (χ0) is 11.7. The minimum Gasteiger partial charge on any atom is -0.396 e. The number of β-amino-alcohol motifs (C(OH)–C–C–N with tert-alkyl or cyclic N) is 1. The first kappa shape index (κ1) is 15.2. The van der Waals surface area contributed by atoms with Gasteiger partial charge in [-0.25, -0.2) is 8.78 Å². The average molecular weight is 290 g/mol. The molecule has 2 N–H and O–H groups in total. The standard InChI is InChI=1S/C7H13F2NO.C2H5BrO/c8-7(9)1-3-10(4-2-7)5-6-11;3-1-2-4/h11H,1-6H2;4H,1-2H2. The summed E-state index contributed by atoms with van der Waals surface area (Å²) >= 11 is 3.00. The monoisotopic (exact) mass is 289 g/mol. The molecule has 0 unspecified atom stereocenters. The molecule has 1 heterocycles. The van der Waals surface area contributed by atoms with Crippen LogP contribution in [0, 0.1) is 0 Å². The third-order valence-electron chi connectivity index (χ3n) is 2.09. The van der Waals surface area contributed by atoms with Gasteiger partial charge in [-0.2, -0.15) is 0 Å². The molecule has 0 aromatic carbocycles. The van der Waals surface area contributed by atoms with Crippen LogP contribution in [0.2, 0.25) is 0 Å². The highest BCUT2D eigenvalue weighted by atomic mass is 79.9. The van der Waals surface area contributed by atoms with Gasteiger partial charge in [0.15, 0.2) is 0 Å². The maximum Gasteiger partial charge on any atom is 0.250 e. The lowest BCUT2D eigenvalue weighted by Gasteiger charge is -2.30. The fraction of sp³-hybridized carbons (Fsp3) is 1.00. The first-order chi connectivity index (χ1) is 7.05. The van der Waals surface area contributed by atoms with E-state index in [1.54, 1.807) is 0 Å². The SMILES string of the molecule is OCCBr.OCCN1CCC(F)(F)CC1. The van der Waals surface area contributed by atoms with E-state index in [4.69, 9.17) is 10.2 Å². The Hall–Kier alpha value is 0.220. The second-order valence-electron chi connectivity index (χ2n) is 3.33. The fourth-order valence-corrected chi connectivity index (χ4v) is 1.25. The van der Waals surface area contributed by atoms with Crippen LogP contribution in [0.15, 0.2) is 0 Å². The summed E-state index contributed by atoms with van der Waals surface area (Å²) in [4.78, 5) is 1.86. The Morgan fingerprint density at radius 3 is 1.93 bits per heavy atom. The zero-order valence-corrected chi connectivity index (χ0v) is 10.2. The van der Waals surface area contributed by atoms with Gasteiger partial charge < -0.3 is 15.1 Å². The van der Waals surface area contributed by atoms with Crippen molar-refractivity contribution in [2.45, 2.75) is 18.8 Å². The molecule has 0 amide bonds. The molecule has 3 nitrogen and oxygen atoms in total. The van der Waals surface area contributed by atoms with Gasteiger partial charge >= 0.3 is 0 Å². The van der Waals surface area contributed by atoms with Crippen LogP contribution in [-0.2, 0) is 0 Å². The van der Waals surface area contributed by atoms with Gasteiger partial charge in [-0.15, -0.1) is 0 Å². The van der Waals surface area contributed by atoms with E-state index in [0.29, 0.717) is 25.0 Å². The molecule has 0 aromatic rings. The Bertz CT molecular complexity index is 149. The number of hydrogen-bond acceptors (Lipinski definition) is 3. The van der Waals surface area contributed by atoms with Crippen LogP contribution >= 0.6 is 15.9 Å². The summed E-state index contributed by atoms with van der Waals surface area (Å²) in [5.74, 6) is -2.47. The fourth-order valence-electron chi connectivity index (χ4n) is 1.25. The maximum absolute atomic E-state index is 12.5. The third kappa shape index (κ3) is 8.07. The zero-order valence-electron chi connectivity index (χ0n) is 8.63. The van der Waals surface area contributed by atoms with Gasteiger partial charge in [-0.05, 0) is 0 Å². The number of aliphatic hydroxyl groups is 2. The van der Waals surface area contributed by atoms with Gasteiger partial charge in [0.1, 0.15) is 0 Å². The lowest BCUT2D eigenvalue weighted by atomic mass is 10.1. The van der Waals surface area contributed by atoms with Crippen molar-refractivity contribution >= 4 is 15.9 Å². The molecule has 1 saturated heterocycles. The molecular formula is C9H18BrF2NO2. The second-order valence-corrected chi connectivity index (χ2v) is 4.13. The Morgan fingerprint density at radius 1 is 1.13 bits per heavy atom. The van der Waals surface area contributed by atoms with E-state index in [0.717, 1.165) is 0 Å². The molecule has 1 fully saturated rings. The van der Waals surface area contributed by atoms with Crippen LogP contribution in [0.25, 0.3) is 0 Å². The smallest absolute Gasteiger partial charge is 0.250 e. The lowest BCUT2D eigenvalue weighted by Crippen LogP contribution is -2.40. The van der Waals surface area contributed by atoms with Crippen LogP contribution in [0.4, 0.5) is 8.78 Å². The molecule has 1 aliphatic heterocycles. The van der Waals surface area contributed by atoms with Crippen molar-refractivity contribution in [3.05, 3.63) is 0 Å². The largest absolute Gasteiger partial charge is 0.396 e. The van der Waals surface area contributed by atoms with Crippen LogP contribution in [0.5, 0.6) is 0 Å². The number of piperidine rings is 1. The van der Waals surface area contributed by atoms with Crippen molar-refractivity contribution in [1.82, 2.24) is 4.90 Å². The number of alkyl halides is 3. The van der Waals surface area contributed by atoms with Gasteiger partial charge in [0.25, 0.3) is 5.92 Å². The van der Waals surface area contributed by atoms with Gasteiger partial charge in [0.2, 0.25) is 0 Å². The molecule has 0 bridgehead atoms. The Morgan fingerprint density at radius 2 is 1.60 bits per heavy atom. The van der Waals surface area contributed by atoms with Gasteiger partial charge in [-0.1, -0.05) is 15.9 Å². The van der Waals surface area contributed by atoms with Crippen LogP contribution < -0.4 is 0 Å². The quantitative estimate of drug-likeness (QED) is 0.765. The number of aliphatic hydroxyl groups excluding tert-OH is 2. The Labute approximate surface area is 97.2 Å². The highest BCUT2D eigenvalue weighted by molar-refractivity contribution is 9.09. The molecular weight excluding hydrogens is 272 g/mol. The molecule has 1 rings (SSSR count). The van der Waals surface area contributed by atoms with E-state index in [1.165, 1.54) is 0 Å². The summed E-state index contributed by atoms with van der Waals surface area (Å²) in [7, 11) is 0. The summed E-state index contributed by atoms with van der Waals surface area (Å²) in [6.07, 6.45) is -0.125. The average Bonchev–Trinajstić information content (AvgIpc) is 2.22. The highest BCUT2D eigenvalue weighted by Crippen LogP contribution is 2.27. The van der Waals surface area contributed by atoms with Crippen LogP contribution in [-0.4, -0.2) is 59.2 Å². The van der Waals surface area contributed by atoms with E-state index >= 15 is 0 Å². The van der Waals surface area contributed by atoms with Crippen molar-refractivity contribution in [3.8, 4) is 0 Å². The summed E-state index contributed by atoms with van der Waals surface area (Å²) in [6.45, 7) is 1.64. The van der Waals surface area contributed by atoms with Crippen LogP contribution in [0.3, 0.4) is 0 Å². The van der Waals surface area contributed by atoms with Crippen molar-refractivity contribution in [3.63, 3.8) is 0 Å². The minimum atomic E-state index is -2.47. The predicted molar refractivity (Wildman–Crippen MR) is 58.6 cm³/mol. The Balaban J connectivity index is 0.000000423. The van der Waals surface area contributed by atoms with Crippen molar-refractivity contribution in [2.24, 2.45) is 0 Å². The highest BCUT2D eigenvalue weighted by Gasteiger charge is 2.33. The number of hydrogen-bond donors (Lipinski definition) is 2. The van der Waals surface area contributed by atoms with Gasteiger partial charge in [-0.3, -0.25) is 0 Å². The summed E-state index contributed by atoms with van der Waals surface area (Å²) in [5, 5.41) is 17.0. The molecule has 1 aliphatic rings. The van der Waals surface area contributed by atoms with E-state index in [9.17, 15) is 8.78 Å². The first-order valence-corrected chi connectivity index (χ1v) is 6.05. The molecule has 6 heteroatoms. The first-order valence-electron chi connectivity index (χ1n) is 4.93. The molecule has 92 valence electrons. The van der Waals surface area contributed by atoms with Crippen molar-refractivity contribution in [2.75, 3.05) is 38.2 Å².